The van der Waals surface area contributed by atoms with Gasteiger partial charge in [-0.05, 0) is 30.7 Å². The molecule has 0 spiro atoms. The molecule has 0 aliphatic rings. The van der Waals surface area contributed by atoms with E-state index in [1.165, 1.54) is 6.07 Å². The van der Waals surface area contributed by atoms with Crippen molar-refractivity contribution in [1.82, 2.24) is 15.3 Å². The van der Waals surface area contributed by atoms with Gasteiger partial charge in [0.05, 0.1) is 0 Å². The minimum Gasteiger partial charge on any atom is -0.341 e. The maximum atomic E-state index is 13.1. The highest BCUT2D eigenvalue weighted by molar-refractivity contribution is 5.55. The molecule has 0 bridgehead atoms. The van der Waals surface area contributed by atoms with Gasteiger partial charge in [-0.15, -0.1) is 0 Å². The standard InChI is InChI=1S/C14H17F2N3/c1-9(2)6-17-7-11-8-18-14(19-11)10-3-4-12(15)13(16)5-10/h3-5,8-9,17H,6-7H2,1-2H3,(H,18,19). The van der Waals surface area contributed by atoms with Crippen LogP contribution in [0.3, 0.4) is 0 Å². The quantitative estimate of drug-likeness (QED) is 0.872. The van der Waals surface area contributed by atoms with E-state index in [2.05, 4.69) is 29.1 Å². The second-order valence-electron chi connectivity index (χ2n) is 4.91. The van der Waals surface area contributed by atoms with Gasteiger partial charge in [0.1, 0.15) is 5.82 Å². The van der Waals surface area contributed by atoms with Crippen LogP contribution in [0, 0.1) is 17.6 Å². The molecule has 2 N–H and O–H groups in total. The van der Waals surface area contributed by atoms with Crippen molar-refractivity contribution in [3.05, 3.63) is 41.7 Å². The summed E-state index contributed by atoms with van der Waals surface area (Å²) in [5.74, 6) is -0.601. The summed E-state index contributed by atoms with van der Waals surface area (Å²) in [4.78, 5) is 7.26. The number of rotatable bonds is 5. The summed E-state index contributed by atoms with van der Waals surface area (Å²) in [6.45, 7) is 5.85. The molecular weight excluding hydrogens is 248 g/mol. The number of aromatic amines is 1. The highest BCUT2D eigenvalue weighted by atomic mass is 19.2. The van der Waals surface area contributed by atoms with E-state index in [0.29, 0.717) is 23.9 Å². The van der Waals surface area contributed by atoms with Crippen molar-refractivity contribution >= 4 is 0 Å². The lowest BCUT2D eigenvalue weighted by atomic mass is 10.2. The van der Waals surface area contributed by atoms with Crippen molar-refractivity contribution < 1.29 is 8.78 Å². The van der Waals surface area contributed by atoms with E-state index in [9.17, 15) is 8.78 Å². The number of benzene rings is 1. The molecule has 102 valence electrons. The van der Waals surface area contributed by atoms with Crippen molar-refractivity contribution in [2.75, 3.05) is 6.54 Å². The molecule has 0 radical (unpaired) electrons. The Morgan fingerprint density at radius 3 is 2.74 bits per heavy atom. The third-order valence-electron chi connectivity index (χ3n) is 2.69. The summed E-state index contributed by atoms with van der Waals surface area (Å²) in [7, 11) is 0. The number of hydrogen-bond acceptors (Lipinski definition) is 2. The van der Waals surface area contributed by atoms with Crippen LogP contribution in [0.4, 0.5) is 8.78 Å². The molecule has 0 saturated heterocycles. The fraction of sp³-hybridized carbons (Fsp3) is 0.357. The monoisotopic (exact) mass is 265 g/mol. The first-order chi connectivity index (χ1) is 9.06. The largest absolute Gasteiger partial charge is 0.341 e. The second kappa shape index (κ2) is 5.93. The third-order valence-corrected chi connectivity index (χ3v) is 2.69. The van der Waals surface area contributed by atoms with Gasteiger partial charge in [0, 0.05) is 24.0 Å². The summed E-state index contributed by atoms with van der Waals surface area (Å²) >= 11 is 0. The first-order valence-corrected chi connectivity index (χ1v) is 6.26. The highest BCUT2D eigenvalue weighted by Crippen LogP contribution is 2.18. The molecular formula is C14H17F2N3. The van der Waals surface area contributed by atoms with Crippen LogP contribution in [0.15, 0.2) is 24.4 Å². The van der Waals surface area contributed by atoms with Crippen molar-refractivity contribution in [2.45, 2.75) is 20.4 Å². The maximum absolute atomic E-state index is 13.1. The van der Waals surface area contributed by atoms with Gasteiger partial charge in [0.15, 0.2) is 11.6 Å². The Hall–Kier alpha value is -1.75. The zero-order chi connectivity index (χ0) is 13.8. The lowest BCUT2D eigenvalue weighted by molar-refractivity contribution is 0.509. The Morgan fingerprint density at radius 1 is 1.26 bits per heavy atom. The van der Waals surface area contributed by atoms with Gasteiger partial charge in [0.25, 0.3) is 0 Å². The predicted molar refractivity (Wildman–Crippen MR) is 70.5 cm³/mol. The van der Waals surface area contributed by atoms with Crippen LogP contribution in [-0.2, 0) is 6.54 Å². The van der Waals surface area contributed by atoms with Crippen LogP contribution in [0.2, 0.25) is 0 Å². The van der Waals surface area contributed by atoms with Crippen LogP contribution in [-0.4, -0.2) is 16.5 Å². The molecule has 0 unspecified atom stereocenters. The summed E-state index contributed by atoms with van der Waals surface area (Å²) in [6.07, 6.45) is 1.70. The lowest BCUT2D eigenvalue weighted by Gasteiger charge is -2.05. The topological polar surface area (TPSA) is 40.7 Å². The van der Waals surface area contributed by atoms with Crippen molar-refractivity contribution in [1.29, 1.82) is 0 Å². The molecule has 0 aliphatic heterocycles. The van der Waals surface area contributed by atoms with E-state index in [4.69, 9.17) is 0 Å². The molecule has 5 heteroatoms. The van der Waals surface area contributed by atoms with Crippen LogP contribution >= 0.6 is 0 Å². The van der Waals surface area contributed by atoms with Gasteiger partial charge in [-0.1, -0.05) is 13.8 Å². The molecule has 0 saturated carbocycles. The number of H-pyrrole nitrogens is 1. The van der Waals surface area contributed by atoms with Crippen LogP contribution in [0.5, 0.6) is 0 Å². The number of aromatic nitrogens is 2. The second-order valence-corrected chi connectivity index (χ2v) is 4.91. The van der Waals surface area contributed by atoms with Crippen LogP contribution in [0.25, 0.3) is 11.4 Å². The van der Waals surface area contributed by atoms with Gasteiger partial charge in [-0.2, -0.15) is 0 Å². The number of nitrogens with one attached hydrogen (secondary N) is 2. The minimum absolute atomic E-state index is 0.536. The number of imidazole rings is 1. The minimum atomic E-state index is -0.867. The van der Waals surface area contributed by atoms with Crippen molar-refractivity contribution in [3.63, 3.8) is 0 Å². The lowest BCUT2D eigenvalue weighted by Crippen LogP contribution is -2.19. The molecule has 2 rings (SSSR count). The Kier molecular flexibility index (Phi) is 4.27. The summed E-state index contributed by atoms with van der Waals surface area (Å²) in [5, 5.41) is 3.28. The SMILES string of the molecule is CC(C)CNCc1cnc(-c2ccc(F)c(F)c2)[nH]1. The molecule has 1 aromatic carbocycles. The molecule has 0 amide bonds. The van der Waals surface area contributed by atoms with E-state index in [0.717, 1.165) is 24.4 Å². The Bertz CT molecular complexity index is 549. The number of hydrogen-bond donors (Lipinski definition) is 2. The van der Waals surface area contributed by atoms with Crippen LogP contribution in [0.1, 0.15) is 19.5 Å². The van der Waals surface area contributed by atoms with E-state index in [1.54, 1.807) is 6.20 Å². The molecule has 1 heterocycles. The van der Waals surface area contributed by atoms with E-state index in [-0.39, 0.29) is 0 Å². The smallest absolute Gasteiger partial charge is 0.159 e. The Balaban J connectivity index is 2.05. The van der Waals surface area contributed by atoms with Crippen LogP contribution < -0.4 is 5.32 Å². The van der Waals surface area contributed by atoms with Gasteiger partial charge in [-0.25, -0.2) is 13.8 Å². The maximum Gasteiger partial charge on any atom is 0.159 e. The molecule has 3 nitrogen and oxygen atoms in total. The molecule has 19 heavy (non-hydrogen) atoms. The number of nitrogens with zero attached hydrogens (tertiary/aromatic N) is 1. The average molecular weight is 265 g/mol. The fourth-order valence-electron chi connectivity index (χ4n) is 1.73. The predicted octanol–water partition coefficient (Wildman–Crippen LogP) is 3.10. The van der Waals surface area contributed by atoms with Gasteiger partial charge >= 0.3 is 0 Å². The van der Waals surface area contributed by atoms with E-state index >= 15 is 0 Å². The number of halogens is 2. The zero-order valence-corrected chi connectivity index (χ0v) is 11.0. The molecule has 0 aliphatic carbocycles. The average Bonchev–Trinajstić information content (AvgIpc) is 2.81. The first-order valence-electron chi connectivity index (χ1n) is 6.26. The van der Waals surface area contributed by atoms with Crippen molar-refractivity contribution in [3.8, 4) is 11.4 Å². The van der Waals surface area contributed by atoms with E-state index in [1.807, 2.05) is 0 Å². The Morgan fingerprint density at radius 2 is 2.05 bits per heavy atom. The zero-order valence-electron chi connectivity index (χ0n) is 11.0. The molecule has 0 fully saturated rings. The van der Waals surface area contributed by atoms with Gasteiger partial charge in [0.2, 0.25) is 0 Å². The molecule has 1 aromatic heterocycles. The van der Waals surface area contributed by atoms with Gasteiger partial charge in [-0.3, -0.25) is 0 Å². The normalized spacial score (nSPS) is 11.2. The molecule has 0 atom stereocenters. The fourth-order valence-corrected chi connectivity index (χ4v) is 1.73. The first kappa shape index (κ1) is 13.7. The highest BCUT2D eigenvalue weighted by Gasteiger charge is 2.07. The van der Waals surface area contributed by atoms with Gasteiger partial charge < -0.3 is 10.3 Å². The summed E-state index contributed by atoms with van der Waals surface area (Å²) in [5.41, 5.74) is 1.45. The Labute approximate surface area is 111 Å². The van der Waals surface area contributed by atoms with E-state index < -0.39 is 11.6 Å². The van der Waals surface area contributed by atoms with Crippen molar-refractivity contribution in [2.24, 2.45) is 5.92 Å². The summed E-state index contributed by atoms with van der Waals surface area (Å²) < 4.78 is 26.0. The third kappa shape index (κ3) is 3.61. The summed E-state index contributed by atoms with van der Waals surface area (Å²) in [6, 6.07) is 3.74. The molecule has 2 aromatic rings.